The van der Waals surface area contributed by atoms with Gasteiger partial charge in [0.1, 0.15) is 5.82 Å². The number of hydrogen-bond donors (Lipinski definition) is 1. The fraction of sp³-hybridized carbons (Fsp3) is 0.455. The predicted molar refractivity (Wildman–Crippen MR) is 74.2 cm³/mol. The molecule has 96 valence electrons. The molecule has 1 aromatic rings. The van der Waals surface area contributed by atoms with Crippen LogP contribution in [0.3, 0.4) is 0 Å². The lowest BCUT2D eigenvalue weighted by Crippen LogP contribution is -2.39. The summed E-state index contributed by atoms with van der Waals surface area (Å²) in [6.45, 7) is 3.88. The van der Waals surface area contributed by atoms with Gasteiger partial charge in [0.15, 0.2) is 0 Å². The molecule has 0 aliphatic rings. The van der Waals surface area contributed by atoms with Crippen molar-refractivity contribution in [2.45, 2.75) is 24.8 Å². The number of sulfonamides is 1. The lowest BCUT2D eigenvalue weighted by atomic mass is 10.1. The molecule has 1 unspecified atom stereocenters. The second kappa shape index (κ2) is 6.10. The molecule has 6 heteroatoms. The van der Waals surface area contributed by atoms with E-state index in [-0.39, 0.29) is 16.9 Å². The molecule has 0 aliphatic heterocycles. The van der Waals surface area contributed by atoms with Gasteiger partial charge in [-0.3, -0.25) is 0 Å². The first-order chi connectivity index (χ1) is 7.86. The third-order valence-corrected chi connectivity index (χ3v) is 4.82. The molecule has 0 aromatic heterocycles. The van der Waals surface area contributed by atoms with Crippen molar-refractivity contribution in [3.8, 4) is 0 Å². The van der Waals surface area contributed by atoms with E-state index in [2.05, 4.69) is 27.3 Å². The number of nitrogens with one attached hydrogen (secondary N) is 1. The maximum atomic E-state index is 13.0. The second-order valence-electron chi connectivity index (χ2n) is 4.08. The van der Waals surface area contributed by atoms with Crippen LogP contribution in [0.25, 0.3) is 0 Å². The molecule has 0 saturated carbocycles. The molecule has 1 rings (SSSR count). The van der Waals surface area contributed by atoms with Gasteiger partial charge in [-0.2, -0.15) is 0 Å². The van der Waals surface area contributed by atoms with E-state index in [9.17, 15) is 12.8 Å². The van der Waals surface area contributed by atoms with Crippen molar-refractivity contribution >= 4 is 32.6 Å². The van der Waals surface area contributed by atoms with Gasteiger partial charge < -0.3 is 0 Å². The highest BCUT2D eigenvalue weighted by Gasteiger charge is 2.21. The van der Waals surface area contributed by atoms with Crippen LogP contribution in [0.2, 0.25) is 0 Å². The maximum absolute atomic E-state index is 13.0. The molecule has 1 aromatic carbocycles. The quantitative estimate of drug-likeness (QED) is 0.639. The summed E-state index contributed by atoms with van der Waals surface area (Å²) in [5, 5.41) is 0. The summed E-state index contributed by atoms with van der Waals surface area (Å²) in [5.74, 6) is -0.362. The van der Waals surface area contributed by atoms with Gasteiger partial charge in [0.25, 0.3) is 0 Å². The Balaban J connectivity index is 2.96. The van der Waals surface area contributed by atoms with Crippen molar-refractivity contribution in [2.24, 2.45) is 5.92 Å². The first kappa shape index (κ1) is 14.8. The van der Waals surface area contributed by atoms with E-state index in [1.54, 1.807) is 0 Å². The Kier molecular flexibility index (Phi) is 5.33. The molecule has 0 spiro atoms. The molecule has 0 aliphatic carbocycles. The van der Waals surface area contributed by atoms with Gasteiger partial charge in [0, 0.05) is 10.5 Å². The summed E-state index contributed by atoms with van der Waals surface area (Å²) in [4.78, 5) is -0.0343. The van der Waals surface area contributed by atoms with E-state index in [0.29, 0.717) is 4.43 Å². The molecule has 0 radical (unpaired) electrons. The first-order valence-electron chi connectivity index (χ1n) is 5.20. The average Bonchev–Trinajstić information content (AvgIpc) is 2.25. The van der Waals surface area contributed by atoms with E-state index in [1.807, 2.05) is 13.8 Å². The third-order valence-electron chi connectivity index (χ3n) is 2.38. The lowest BCUT2D eigenvalue weighted by molar-refractivity contribution is 0.485. The van der Waals surface area contributed by atoms with Gasteiger partial charge in [0.05, 0.1) is 4.90 Å². The van der Waals surface area contributed by atoms with Crippen molar-refractivity contribution in [1.82, 2.24) is 4.72 Å². The average molecular weight is 371 g/mol. The van der Waals surface area contributed by atoms with Crippen LogP contribution in [0.5, 0.6) is 0 Å². The van der Waals surface area contributed by atoms with E-state index < -0.39 is 15.8 Å². The fourth-order valence-electron chi connectivity index (χ4n) is 1.25. The van der Waals surface area contributed by atoms with Crippen LogP contribution in [0, 0.1) is 11.7 Å². The Morgan fingerprint density at radius 2 is 2.06 bits per heavy atom. The van der Waals surface area contributed by atoms with E-state index in [4.69, 9.17) is 0 Å². The number of alkyl halides is 1. The summed E-state index contributed by atoms with van der Waals surface area (Å²) < 4.78 is 40.2. The molecule has 17 heavy (non-hydrogen) atoms. The number of benzene rings is 1. The third kappa shape index (κ3) is 4.18. The number of hydrogen-bond acceptors (Lipinski definition) is 2. The van der Waals surface area contributed by atoms with Crippen LogP contribution >= 0.6 is 22.6 Å². The van der Waals surface area contributed by atoms with Crippen LogP contribution in [0.4, 0.5) is 4.39 Å². The molecule has 3 nitrogen and oxygen atoms in total. The molecular formula is C11H15FINO2S. The molecule has 0 bridgehead atoms. The van der Waals surface area contributed by atoms with Gasteiger partial charge in [-0.25, -0.2) is 17.5 Å². The highest BCUT2D eigenvalue weighted by molar-refractivity contribution is 14.1. The molecule has 0 heterocycles. The molecular weight excluding hydrogens is 356 g/mol. The lowest BCUT2D eigenvalue weighted by Gasteiger charge is -2.19. The standard InChI is InChI=1S/C11H15FINO2S/c1-8(2)11(7-13)14-17(15,16)10-5-3-4-9(12)6-10/h3-6,8,11,14H,7H2,1-2H3. The molecule has 1 N–H and O–H groups in total. The van der Waals surface area contributed by atoms with Crippen molar-refractivity contribution in [3.05, 3.63) is 30.1 Å². The minimum atomic E-state index is -3.63. The molecule has 0 fully saturated rings. The highest BCUT2D eigenvalue weighted by atomic mass is 127. The summed E-state index contributed by atoms with van der Waals surface area (Å²) in [7, 11) is -3.63. The topological polar surface area (TPSA) is 46.2 Å². The van der Waals surface area contributed by atoms with Gasteiger partial charge in [-0.1, -0.05) is 42.5 Å². The minimum absolute atomic E-state index is 0.0343. The largest absolute Gasteiger partial charge is 0.240 e. The highest BCUT2D eigenvalue weighted by Crippen LogP contribution is 2.14. The van der Waals surface area contributed by atoms with Crippen LogP contribution < -0.4 is 4.72 Å². The van der Waals surface area contributed by atoms with Gasteiger partial charge in [-0.15, -0.1) is 0 Å². The van der Waals surface area contributed by atoms with E-state index in [1.165, 1.54) is 18.2 Å². The van der Waals surface area contributed by atoms with Crippen molar-refractivity contribution < 1.29 is 12.8 Å². The van der Waals surface area contributed by atoms with Crippen molar-refractivity contribution in [1.29, 1.82) is 0 Å². The first-order valence-corrected chi connectivity index (χ1v) is 8.21. The Labute approximate surface area is 115 Å². The molecule has 1 atom stereocenters. The van der Waals surface area contributed by atoms with E-state index in [0.717, 1.165) is 6.07 Å². The van der Waals surface area contributed by atoms with Crippen molar-refractivity contribution in [2.75, 3.05) is 4.43 Å². The van der Waals surface area contributed by atoms with Gasteiger partial charge in [0.2, 0.25) is 10.0 Å². The van der Waals surface area contributed by atoms with Crippen LogP contribution in [0.15, 0.2) is 29.2 Å². The Bertz CT molecular complexity index is 476. The monoisotopic (exact) mass is 371 g/mol. The maximum Gasteiger partial charge on any atom is 0.240 e. The summed E-state index contributed by atoms with van der Waals surface area (Å²) in [6.07, 6.45) is 0. The van der Waals surface area contributed by atoms with E-state index >= 15 is 0 Å². The fourth-order valence-corrected chi connectivity index (χ4v) is 4.20. The zero-order chi connectivity index (χ0) is 13.1. The normalized spacial score (nSPS) is 13.9. The molecule has 0 saturated heterocycles. The second-order valence-corrected chi connectivity index (χ2v) is 6.68. The molecule has 0 amide bonds. The van der Waals surface area contributed by atoms with Gasteiger partial charge in [-0.05, 0) is 24.1 Å². The number of halogens is 2. The van der Waals surface area contributed by atoms with Gasteiger partial charge >= 0.3 is 0 Å². The number of rotatable bonds is 5. The van der Waals surface area contributed by atoms with Crippen LogP contribution in [-0.2, 0) is 10.0 Å². The Morgan fingerprint density at radius 1 is 1.41 bits per heavy atom. The minimum Gasteiger partial charge on any atom is -0.207 e. The summed E-state index contributed by atoms with van der Waals surface area (Å²) in [6, 6.07) is 4.86. The SMILES string of the molecule is CC(C)C(CI)NS(=O)(=O)c1cccc(F)c1. The Morgan fingerprint density at radius 3 is 2.53 bits per heavy atom. The summed E-state index contributed by atoms with van der Waals surface area (Å²) >= 11 is 2.13. The zero-order valence-corrected chi connectivity index (χ0v) is 12.6. The van der Waals surface area contributed by atoms with Crippen molar-refractivity contribution in [3.63, 3.8) is 0 Å². The van der Waals surface area contributed by atoms with Crippen LogP contribution in [0.1, 0.15) is 13.8 Å². The predicted octanol–water partition coefficient (Wildman–Crippen LogP) is 2.56. The smallest absolute Gasteiger partial charge is 0.207 e. The zero-order valence-electron chi connectivity index (χ0n) is 9.65. The Hall–Kier alpha value is -0.210. The summed E-state index contributed by atoms with van der Waals surface area (Å²) in [5.41, 5.74) is 0. The van der Waals surface area contributed by atoms with Crippen LogP contribution in [-0.4, -0.2) is 18.9 Å².